The molecule has 0 heterocycles. The fraction of sp³-hybridized carbons (Fsp3) is 0.962. The van der Waals surface area contributed by atoms with E-state index in [-0.39, 0.29) is 6.61 Å². The second kappa shape index (κ2) is 30.6. The number of carboxylic acids is 1. The maximum absolute atomic E-state index is 10.4. The third-order valence-corrected chi connectivity index (χ3v) is 5.62. The van der Waals surface area contributed by atoms with Crippen molar-refractivity contribution in [2.75, 3.05) is 13.2 Å². The van der Waals surface area contributed by atoms with Crippen LogP contribution in [0.25, 0.3) is 0 Å². The van der Waals surface area contributed by atoms with Crippen LogP contribution in [0, 0.1) is 0 Å². The highest BCUT2D eigenvalue weighted by atomic mass is 16.4. The summed E-state index contributed by atoms with van der Waals surface area (Å²) in [5.41, 5.74) is 4.78. The van der Waals surface area contributed by atoms with E-state index in [0.29, 0.717) is 13.0 Å². The third kappa shape index (κ3) is 34.9. The topological polar surface area (TPSA) is 83.5 Å². The summed E-state index contributed by atoms with van der Waals surface area (Å²) in [6.07, 6.45) is 29.1. The van der Waals surface area contributed by atoms with Gasteiger partial charge in [0.25, 0.3) is 0 Å². The molecule has 0 aliphatic carbocycles. The summed E-state index contributed by atoms with van der Waals surface area (Å²) in [7, 11) is 0. The number of carbonyl (C=O) groups is 1. The van der Waals surface area contributed by atoms with Crippen LogP contribution in [-0.4, -0.2) is 29.3 Å². The van der Waals surface area contributed by atoms with Gasteiger partial charge in [0, 0.05) is 13.0 Å². The van der Waals surface area contributed by atoms with Crippen LogP contribution >= 0.6 is 0 Å². The number of aliphatic hydroxyl groups excluding tert-OH is 1. The normalized spacial score (nSPS) is 10.6. The Morgan fingerprint density at radius 2 is 0.800 bits per heavy atom. The highest BCUT2D eigenvalue weighted by molar-refractivity contribution is 5.66. The van der Waals surface area contributed by atoms with Gasteiger partial charge in [0.1, 0.15) is 0 Å². The van der Waals surface area contributed by atoms with Gasteiger partial charge in [-0.2, -0.15) is 0 Å². The van der Waals surface area contributed by atoms with Crippen molar-refractivity contribution in [2.45, 2.75) is 148 Å². The minimum Gasteiger partial charge on any atom is -0.481 e. The van der Waals surface area contributed by atoms with Crippen LogP contribution in [0.1, 0.15) is 148 Å². The molecule has 0 unspecified atom stereocenters. The van der Waals surface area contributed by atoms with Crippen molar-refractivity contribution in [3.05, 3.63) is 0 Å². The Balaban J connectivity index is 0. The molecular weight excluding hydrogens is 374 g/mol. The first-order chi connectivity index (χ1) is 14.7. The van der Waals surface area contributed by atoms with E-state index in [1.54, 1.807) is 0 Å². The minimum absolute atomic E-state index is 0.0972. The van der Waals surface area contributed by atoms with Gasteiger partial charge in [-0.1, -0.05) is 135 Å². The van der Waals surface area contributed by atoms with E-state index < -0.39 is 5.97 Å². The number of hydrogen-bond acceptors (Lipinski definition) is 3. The van der Waals surface area contributed by atoms with E-state index in [1.807, 2.05) is 0 Å². The molecule has 4 heteroatoms. The zero-order valence-corrected chi connectivity index (χ0v) is 20.4. The first-order valence-electron chi connectivity index (χ1n) is 13.2. The van der Waals surface area contributed by atoms with E-state index >= 15 is 0 Å². The van der Waals surface area contributed by atoms with Crippen molar-refractivity contribution >= 4 is 5.97 Å². The van der Waals surface area contributed by atoms with Crippen LogP contribution in [0.15, 0.2) is 0 Å². The number of unbranched alkanes of at least 4 members (excludes halogenated alkanes) is 20. The molecular formula is C26H55NO3. The molecule has 30 heavy (non-hydrogen) atoms. The fourth-order valence-electron chi connectivity index (χ4n) is 3.71. The predicted octanol–water partition coefficient (Wildman–Crippen LogP) is 7.61. The van der Waals surface area contributed by atoms with Gasteiger partial charge < -0.3 is 15.9 Å². The summed E-state index contributed by atoms with van der Waals surface area (Å²) in [5.74, 6) is -0.650. The van der Waals surface area contributed by atoms with Crippen molar-refractivity contribution in [1.29, 1.82) is 0 Å². The molecule has 0 aromatic rings. The summed E-state index contributed by atoms with van der Waals surface area (Å²) in [4.78, 5) is 10.4. The molecule has 0 aromatic carbocycles. The SMILES string of the molecule is CCCCCCCCCCCCCCCCCCCCCCCC(=O)O.NCCO. The van der Waals surface area contributed by atoms with Crippen molar-refractivity contribution in [1.82, 2.24) is 0 Å². The van der Waals surface area contributed by atoms with Gasteiger partial charge in [-0.25, -0.2) is 0 Å². The predicted molar refractivity (Wildman–Crippen MR) is 131 cm³/mol. The molecule has 0 aliphatic rings. The second-order valence-corrected chi connectivity index (χ2v) is 8.73. The lowest BCUT2D eigenvalue weighted by Gasteiger charge is -2.04. The Hall–Kier alpha value is -0.610. The van der Waals surface area contributed by atoms with Gasteiger partial charge in [-0.05, 0) is 6.42 Å². The number of nitrogens with two attached hydrogens (primary N) is 1. The van der Waals surface area contributed by atoms with Crippen LogP contribution in [0.5, 0.6) is 0 Å². The van der Waals surface area contributed by atoms with Gasteiger partial charge in [0.15, 0.2) is 0 Å². The molecule has 0 aromatic heterocycles. The highest BCUT2D eigenvalue weighted by Crippen LogP contribution is 2.15. The van der Waals surface area contributed by atoms with Gasteiger partial charge >= 0.3 is 5.97 Å². The number of rotatable bonds is 23. The largest absolute Gasteiger partial charge is 0.481 e. The summed E-state index contributed by atoms with van der Waals surface area (Å²) in [5, 5.41) is 16.3. The van der Waals surface area contributed by atoms with Crippen LogP contribution in [-0.2, 0) is 4.79 Å². The van der Waals surface area contributed by atoms with Crippen molar-refractivity contribution in [2.24, 2.45) is 5.73 Å². The highest BCUT2D eigenvalue weighted by Gasteiger charge is 1.97. The van der Waals surface area contributed by atoms with Gasteiger partial charge in [-0.15, -0.1) is 0 Å². The molecule has 0 atom stereocenters. The monoisotopic (exact) mass is 429 g/mol. The Labute approximate surface area is 188 Å². The lowest BCUT2D eigenvalue weighted by Crippen LogP contribution is -2.02. The molecule has 0 rings (SSSR count). The Kier molecular flexibility index (Phi) is 32.2. The minimum atomic E-state index is -0.650. The number of hydrogen-bond donors (Lipinski definition) is 3. The molecule has 0 aliphatic heterocycles. The van der Waals surface area contributed by atoms with Crippen molar-refractivity contribution in [3.63, 3.8) is 0 Å². The van der Waals surface area contributed by atoms with E-state index in [4.69, 9.17) is 15.9 Å². The van der Waals surface area contributed by atoms with E-state index in [0.717, 1.165) is 12.8 Å². The zero-order valence-electron chi connectivity index (χ0n) is 20.4. The van der Waals surface area contributed by atoms with Crippen LogP contribution in [0.4, 0.5) is 0 Å². The fourth-order valence-corrected chi connectivity index (χ4v) is 3.71. The molecule has 0 saturated carbocycles. The lowest BCUT2D eigenvalue weighted by molar-refractivity contribution is -0.137. The lowest BCUT2D eigenvalue weighted by atomic mass is 10.0. The van der Waals surface area contributed by atoms with Gasteiger partial charge in [0.05, 0.1) is 6.61 Å². The summed E-state index contributed by atoms with van der Waals surface area (Å²) < 4.78 is 0. The van der Waals surface area contributed by atoms with E-state index in [1.165, 1.54) is 122 Å². The average molecular weight is 430 g/mol. The first-order valence-corrected chi connectivity index (χ1v) is 13.2. The summed E-state index contributed by atoms with van der Waals surface area (Å²) >= 11 is 0. The Bertz CT molecular complexity index is 309. The number of aliphatic hydroxyl groups is 1. The third-order valence-electron chi connectivity index (χ3n) is 5.62. The summed E-state index contributed by atoms with van der Waals surface area (Å²) in [6.45, 7) is 2.76. The van der Waals surface area contributed by atoms with E-state index in [2.05, 4.69) is 6.92 Å². The van der Waals surface area contributed by atoms with Crippen molar-refractivity contribution < 1.29 is 15.0 Å². The van der Waals surface area contributed by atoms with Crippen LogP contribution < -0.4 is 5.73 Å². The van der Waals surface area contributed by atoms with Gasteiger partial charge in [0.2, 0.25) is 0 Å². The molecule has 182 valence electrons. The molecule has 0 fully saturated rings. The number of aliphatic carboxylic acids is 1. The molecule has 0 bridgehead atoms. The summed E-state index contributed by atoms with van der Waals surface area (Å²) in [6, 6.07) is 0. The molecule has 4 N–H and O–H groups in total. The van der Waals surface area contributed by atoms with Crippen LogP contribution in [0.3, 0.4) is 0 Å². The molecule has 0 amide bonds. The van der Waals surface area contributed by atoms with E-state index in [9.17, 15) is 4.79 Å². The maximum Gasteiger partial charge on any atom is 0.303 e. The zero-order chi connectivity index (χ0) is 22.5. The first kappa shape index (κ1) is 31.6. The van der Waals surface area contributed by atoms with Crippen LogP contribution in [0.2, 0.25) is 0 Å². The number of carboxylic acid groups (broad SMARTS) is 1. The molecule has 0 spiro atoms. The average Bonchev–Trinajstić information content (AvgIpc) is 2.74. The molecule has 0 radical (unpaired) electrons. The maximum atomic E-state index is 10.4. The Morgan fingerprint density at radius 3 is 1.00 bits per heavy atom. The molecule has 4 nitrogen and oxygen atoms in total. The van der Waals surface area contributed by atoms with Crippen molar-refractivity contribution in [3.8, 4) is 0 Å². The smallest absolute Gasteiger partial charge is 0.303 e. The van der Waals surface area contributed by atoms with Gasteiger partial charge in [-0.3, -0.25) is 4.79 Å². The quantitative estimate of drug-likeness (QED) is 0.146. The Morgan fingerprint density at radius 1 is 0.567 bits per heavy atom. The second-order valence-electron chi connectivity index (χ2n) is 8.73. The standard InChI is InChI=1S/C24H48O2.C2H7NO/c1-2-3-4-5-6-7-8-9-10-11-12-13-14-15-16-17-18-19-20-21-22-23-24(25)26;3-1-2-4/h2-23H2,1H3,(H,25,26);4H,1-3H2. The molecule has 0 saturated heterocycles.